The van der Waals surface area contributed by atoms with Crippen molar-refractivity contribution in [2.75, 3.05) is 18.4 Å². The van der Waals surface area contributed by atoms with Gasteiger partial charge in [0.05, 0.1) is 19.7 Å². The van der Waals surface area contributed by atoms with Crippen LogP contribution in [0.2, 0.25) is 5.02 Å². The van der Waals surface area contributed by atoms with Gasteiger partial charge in [0, 0.05) is 17.7 Å². The SMILES string of the molecule is O=C(O)CNC(=O)c1cc(Br)c(OCc2cccc(NCC3CC3)c2Cl)c(Br)c1. The van der Waals surface area contributed by atoms with Crippen LogP contribution in [0.3, 0.4) is 0 Å². The van der Waals surface area contributed by atoms with Crippen LogP contribution in [-0.4, -0.2) is 30.1 Å². The molecule has 2 aromatic carbocycles. The molecule has 3 N–H and O–H groups in total. The van der Waals surface area contributed by atoms with Crippen LogP contribution in [0.25, 0.3) is 0 Å². The van der Waals surface area contributed by atoms with Crippen LogP contribution in [-0.2, 0) is 11.4 Å². The summed E-state index contributed by atoms with van der Waals surface area (Å²) in [6, 6.07) is 8.93. The smallest absolute Gasteiger partial charge is 0.322 e. The molecule has 0 aliphatic heterocycles. The largest absolute Gasteiger partial charge is 0.486 e. The summed E-state index contributed by atoms with van der Waals surface area (Å²) in [6.45, 7) is 0.724. The lowest BCUT2D eigenvalue weighted by atomic mass is 10.2. The molecule has 3 rings (SSSR count). The second kappa shape index (κ2) is 9.82. The number of rotatable bonds is 9. The second-order valence-corrected chi connectivity index (χ2v) is 8.82. The topological polar surface area (TPSA) is 87.7 Å². The molecule has 0 unspecified atom stereocenters. The first-order valence-electron chi connectivity index (χ1n) is 8.98. The summed E-state index contributed by atoms with van der Waals surface area (Å²) in [5.41, 5.74) is 2.04. The van der Waals surface area contributed by atoms with Crippen LogP contribution in [0.4, 0.5) is 5.69 Å². The second-order valence-electron chi connectivity index (χ2n) is 6.74. The van der Waals surface area contributed by atoms with E-state index in [2.05, 4.69) is 42.5 Å². The third-order valence-corrected chi connectivity index (χ3v) is 6.01. The minimum absolute atomic E-state index is 0.250. The lowest BCUT2D eigenvalue weighted by Gasteiger charge is -2.15. The van der Waals surface area contributed by atoms with Crippen molar-refractivity contribution in [1.82, 2.24) is 5.32 Å². The quantitative estimate of drug-likeness (QED) is 0.408. The van der Waals surface area contributed by atoms with Crippen LogP contribution in [0, 0.1) is 5.92 Å². The van der Waals surface area contributed by atoms with E-state index in [1.807, 2.05) is 18.2 Å². The number of nitrogens with one attached hydrogen (secondary N) is 2. The monoisotopic (exact) mass is 544 g/mol. The van der Waals surface area contributed by atoms with Gasteiger partial charge in [-0.25, -0.2) is 0 Å². The number of amides is 1. The summed E-state index contributed by atoms with van der Waals surface area (Å²) in [6.07, 6.45) is 2.53. The Morgan fingerprint density at radius 2 is 1.90 bits per heavy atom. The Balaban J connectivity index is 1.68. The van der Waals surface area contributed by atoms with Gasteiger partial charge < -0.3 is 20.5 Å². The minimum atomic E-state index is -1.11. The number of carboxylic acids is 1. The molecule has 6 nitrogen and oxygen atoms in total. The fourth-order valence-electron chi connectivity index (χ4n) is 2.64. The number of hydrogen-bond acceptors (Lipinski definition) is 4. The zero-order valence-electron chi connectivity index (χ0n) is 15.3. The van der Waals surface area contributed by atoms with Crippen LogP contribution in [0.15, 0.2) is 39.3 Å². The third-order valence-electron chi connectivity index (χ3n) is 4.39. The number of carbonyl (C=O) groups excluding carboxylic acids is 1. The summed E-state index contributed by atoms with van der Waals surface area (Å²) in [5, 5.41) is 15.0. The van der Waals surface area contributed by atoms with Crippen molar-refractivity contribution in [3.8, 4) is 5.75 Å². The lowest BCUT2D eigenvalue weighted by molar-refractivity contribution is -0.135. The fraction of sp³-hybridized carbons (Fsp3) is 0.300. The van der Waals surface area contributed by atoms with E-state index in [0.717, 1.165) is 23.7 Å². The molecule has 0 spiro atoms. The van der Waals surface area contributed by atoms with E-state index in [0.29, 0.717) is 25.3 Å². The number of carbonyl (C=O) groups is 2. The Bertz CT molecular complexity index is 912. The van der Waals surface area contributed by atoms with Crippen molar-refractivity contribution in [2.45, 2.75) is 19.4 Å². The standard InChI is InChI=1S/C20H19Br2ClN2O4/c21-14-6-13(20(28)25-9-17(26)27)7-15(22)19(14)29-10-12-2-1-3-16(18(12)23)24-8-11-4-5-11/h1-3,6-7,11,24H,4-5,8-10H2,(H,25,28)(H,26,27). The molecule has 0 atom stereocenters. The van der Waals surface area contributed by atoms with Crippen LogP contribution in [0.5, 0.6) is 5.75 Å². The molecule has 1 saturated carbocycles. The molecule has 1 amide bonds. The van der Waals surface area contributed by atoms with Crippen molar-refractivity contribution in [3.05, 3.63) is 55.4 Å². The predicted molar refractivity (Wildman–Crippen MR) is 119 cm³/mol. The Labute approximate surface area is 190 Å². The number of halogens is 3. The molecule has 0 aromatic heterocycles. The zero-order valence-corrected chi connectivity index (χ0v) is 19.2. The summed E-state index contributed by atoms with van der Waals surface area (Å²) in [4.78, 5) is 22.7. The molecule has 1 aliphatic rings. The fourth-order valence-corrected chi connectivity index (χ4v) is 4.30. The maximum atomic E-state index is 12.1. The number of carboxylic acid groups (broad SMARTS) is 1. The molecule has 0 heterocycles. The maximum absolute atomic E-state index is 12.1. The number of hydrogen-bond donors (Lipinski definition) is 3. The number of ether oxygens (including phenoxy) is 1. The Morgan fingerprint density at radius 1 is 1.21 bits per heavy atom. The average molecular weight is 547 g/mol. The maximum Gasteiger partial charge on any atom is 0.322 e. The molecule has 0 bridgehead atoms. The molecule has 0 saturated heterocycles. The van der Waals surface area contributed by atoms with Crippen molar-refractivity contribution in [2.24, 2.45) is 5.92 Å². The van der Waals surface area contributed by atoms with Gasteiger partial charge >= 0.3 is 5.97 Å². The van der Waals surface area contributed by atoms with Gasteiger partial charge in [0.25, 0.3) is 5.91 Å². The molecular weight excluding hydrogens is 527 g/mol. The van der Waals surface area contributed by atoms with Crippen molar-refractivity contribution in [1.29, 1.82) is 0 Å². The molecule has 154 valence electrons. The molecule has 1 aliphatic carbocycles. The highest BCUT2D eigenvalue weighted by Gasteiger charge is 2.21. The summed E-state index contributed by atoms with van der Waals surface area (Å²) in [5.74, 6) is -0.337. The Morgan fingerprint density at radius 3 is 2.52 bits per heavy atom. The number of anilines is 1. The third kappa shape index (κ3) is 6.10. The zero-order chi connectivity index (χ0) is 21.0. The molecule has 9 heteroatoms. The van der Waals surface area contributed by atoms with Crippen molar-refractivity contribution >= 4 is 61.0 Å². The molecule has 0 radical (unpaired) electrons. The molecule has 29 heavy (non-hydrogen) atoms. The summed E-state index contributed by atoms with van der Waals surface area (Å²) >= 11 is 13.3. The van der Waals surface area contributed by atoms with E-state index >= 15 is 0 Å². The van der Waals surface area contributed by atoms with Crippen molar-refractivity contribution in [3.63, 3.8) is 0 Å². The van der Waals surface area contributed by atoms with E-state index in [1.165, 1.54) is 12.8 Å². The average Bonchev–Trinajstić information content (AvgIpc) is 3.50. The number of aliphatic carboxylic acids is 1. The van der Waals surface area contributed by atoms with Gasteiger partial charge in [0.1, 0.15) is 18.9 Å². The van der Waals surface area contributed by atoms with Gasteiger partial charge in [-0.15, -0.1) is 0 Å². The first-order valence-corrected chi connectivity index (χ1v) is 10.9. The minimum Gasteiger partial charge on any atom is -0.486 e. The summed E-state index contributed by atoms with van der Waals surface area (Å²) in [7, 11) is 0. The molecule has 2 aromatic rings. The Hall–Kier alpha value is -1.77. The highest BCUT2D eigenvalue weighted by Crippen LogP contribution is 2.36. The van der Waals surface area contributed by atoms with Crippen LogP contribution >= 0.6 is 43.5 Å². The van der Waals surface area contributed by atoms with Gasteiger partial charge in [-0.2, -0.15) is 0 Å². The van der Waals surface area contributed by atoms with E-state index < -0.39 is 18.4 Å². The van der Waals surface area contributed by atoms with Gasteiger partial charge in [-0.05, 0) is 68.8 Å². The van der Waals surface area contributed by atoms with E-state index in [1.54, 1.807) is 12.1 Å². The highest BCUT2D eigenvalue weighted by molar-refractivity contribution is 9.11. The molecule has 1 fully saturated rings. The predicted octanol–water partition coefficient (Wildman–Crippen LogP) is 5.08. The van der Waals surface area contributed by atoms with Crippen molar-refractivity contribution < 1.29 is 19.4 Å². The lowest BCUT2D eigenvalue weighted by Crippen LogP contribution is -2.29. The van der Waals surface area contributed by atoms with Gasteiger partial charge in [0.15, 0.2) is 0 Å². The van der Waals surface area contributed by atoms with Gasteiger partial charge in [-0.3, -0.25) is 9.59 Å². The first-order chi connectivity index (χ1) is 13.8. The Kier molecular flexibility index (Phi) is 7.43. The van der Waals surface area contributed by atoms with E-state index in [9.17, 15) is 9.59 Å². The number of benzene rings is 2. The first kappa shape index (κ1) is 21.9. The van der Waals surface area contributed by atoms with E-state index in [-0.39, 0.29) is 6.61 Å². The van der Waals surface area contributed by atoms with E-state index in [4.69, 9.17) is 21.4 Å². The summed E-state index contributed by atoms with van der Waals surface area (Å²) < 4.78 is 7.05. The normalized spacial score (nSPS) is 13.1. The van der Waals surface area contributed by atoms with Crippen LogP contribution in [0.1, 0.15) is 28.8 Å². The van der Waals surface area contributed by atoms with Gasteiger partial charge in [-0.1, -0.05) is 23.7 Å². The highest BCUT2D eigenvalue weighted by atomic mass is 79.9. The molecular formula is C20H19Br2ClN2O4. The van der Waals surface area contributed by atoms with Gasteiger partial charge in [0.2, 0.25) is 0 Å². The van der Waals surface area contributed by atoms with Crippen LogP contribution < -0.4 is 15.4 Å².